The minimum absolute atomic E-state index is 0.138. The van der Waals surface area contributed by atoms with E-state index in [1.807, 2.05) is 35.2 Å². The van der Waals surface area contributed by atoms with Gasteiger partial charge in [-0.05, 0) is 37.6 Å². The van der Waals surface area contributed by atoms with Gasteiger partial charge in [0.15, 0.2) is 11.0 Å². The Labute approximate surface area is 192 Å². The molecular formula is C23H26ClN5OS. The Morgan fingerprint density at radius 1 is 1.06 bits per heavy atom. The molecule has 1 saturated heterocycles. The minimum Gasteiger partial charge on any atom is -0.368 e. The Kier molecular flexibility index (Phi) is 6.83. The molecule has 0 unspecified atom stereocenters. The second-order valence-corrected chi connectivity index (χ2v) is 8.88. The zero-order valence-electron chi connectivity index (χ0n) is 17.8. The van der Waals surface area contributed by atoms with Crippen molar-refractivity contribution in [3.05, 3.63) is 59.1 Å². The third-order valence-corrected chi connectivity index (χ3v) is 6.74. The van der Waals surface area contributed by atoms with Gasteiger partial charge < -0.3 is 14.4 Å². The van der Waals surface area contributed by atoms with Crippen LogP contribution in [-0.2, 0) is 11.3 Å². The van der Waals surface area contributed by atoms with Crippen LogP contribution in [0.3, 0.4) is 0 Å². The summed E-state index contributed by atoms with van der Waals surface area (Å²) in [6, 6.07) is 16.0. The molecule has 0 aliphatic carbocycles. The van der Waals surface area contributed by atoms with Crippen LogP contribution in [0.4, 0.5) is 5.69 Å². The van der Waals surface area contributed by atoms with E-state index in [0.29, 0.717) is 18.8 Å². The monoisotopic (exact) mass is 455 g/mol. The highest BCUT2D eigenvalue weighted by atomic mass is 35.5. The third-order valence-electron chi connectivity index (χ3n) is 5.55. The first-order valence-corrected chi connectivity index (χ1v) is 11.8. The molecule has 1 aromatic heterocycles. The zero-order valence-corrected chi connectivity index (χ0v) is 19.4. The lowest BCUT2D eigenvalue weighted by molar-refractivity contribution is -0.128. The predicted octanol–water partition coefficient (Wildman–Crippen LogP) is 4.37. The number of aryl methyl sites for hydroxylation is 1. The highest BCUT2D eigenvalue weighted by Gasteiger charge is 2.23. The quantitative estimate of drug-likeness (QED) is 0.516. The topological polar surface area (TPSA) is 54.3 Å². The largest absolute Gasteiger partial charge is 0.368 e. The molecule has 6 nitrogen and oxygen atoms in total. The number of nitrogens with zero attached hydrogens (tertiary/aromatic N) is 5. The van der Waals surface area contributed by atoms with Crippen LogP contribution in [0.2, 0.25) is 5.02 Å². The van der Waals surface area contributed by atoms with E-state index >= 15 is 0 Å². The Hall–Kier alpha value is -2.51. The molecule has 0 spiro atoms. The van der Waals surface area contributed by atoms with Gasteiger partial charge in [-0.3, -0.25) is 4.79 Å². The Balaban J connectivity index is 1.36. The number of piperazine rings is 1. The van der Waals surface area contributed by atoms with Crippen molar-refractivity contribution in [1.29, 1.82) is 0 Å². The van der Waals surface area contributed by atoms with Crippen LogP contribution in [0.1, 0.15) is 12.5 Å². The van der Waals surface area contributed by atoms with Crippen molar-refractivity contribution in [2.24, 2.45) is 0 Å². The van der Waals surface area contributed by atoms with Crippen molar-refractivity contribution < 1.29 is 4.79 Å². The number of amides is 1. The number of halogens is 1. The van der Waals surface area contributed by atoms with Crippen LogP contribution in [-0.4, -0.2) is 57.5 Å². The molecule has 2 heterocycles. The zero-order chi connectivity index (χ0) is 21.8. The maximum atomic E-state index is 12.8. The van der Waals surface area contributed by atoms with Gasteiger partial charge in [-0.25, -0.2) is 0 Å². The SMILES string of the molecule is CCn1c(SCC(=O)N2CCN(c3cccc(Cl)c3)CC2)nnc1-c1ccccc1C. The average molecular weight is 456 g/mol. The number of hydrogen-bond acceptors (Lipinski definition) is 5. The third kappa shape index (κ3) is 4.88. The highest BCUT2D eigenvalue weighted by Crippen LogP contribution is 2.27. The summed E-state index contributed by atoms with van der Waals surface area (Å²) in [4.78, 5) is 17.0. The van der Waals surface area contributed by atoms with E-state index in [4.69, 9.17) is 11.6 Å². The number of aromatic nitrogens is 3. The summed E-state index contributed by atoms with van der Waals surface area (Å²) >= 11 is 7.57. The summed E-state index contributed by atoms with van der Waals surface area (Å²) in [7, 11) is 0. The van der Waals surface area contributed by atoms with Gasteiger partial charge in [0, 0.05) is 49.0 Å². The van der Waals surface area contributed by atoms with Crippen LogP contribution >= 0.6 is 23.4 Å². The highest BCUT2D eigenvalue weighted by molar-refractivity contribution is 7.99. The van der Waals surface area contributed by atoms with Crippen LogP contribution in [0, 0.1) is 6.92 Å². The molecule has 3 aromatic rings. The summed E-state index contributed by atoms with van der Waals surface area (Å²) in [5, 5.41) is 10.3. The molecular weight excluding hydrogens is 430 g/mol. The summed E-state index contributed by atoms with van der Waals surface area (Å²) in [5.74, 6) is 1.35. The molecule has 0 N–H and O–H groups in total. The van der Waals surface area contributed by atoms with E-state index in [1.165, 1.54) is 11.8 Å². The number of anilines is 1. The fraction of sp³-hybridized carbons (Fsp3) is 0.348. The van der Waals surface area contributed by atoms with Crippen molar-refractivity contribution in [1.82, 2.24) is 19.7 Å². The fourth-order valence-corrected chi connectivity index (χ4v) is 4.90. The first-order valence-electron chi connectivity index (χ1n) is 10.5. The Bertz CT molecular complexity index is 1060. The number of thioether (sulfide) groups is 1. The van der Waals surface area contributed by atoms with E-state index in [9.17, 15) is 4.79 Å². The number of hydrogen-bond donors (Lipinski definition) is 0. The van der Waals surface area contributed by atoms with Crippen LogP contribution in [0.15, 0.2) is 53.7 Å². The lowest BCUT2D eigenvalue weighted by atomic mass is 10.1. The van der Waals surface area contributed by atoms with Crippen LogP contribution in [0.25, 0.3) is 11.4 Å². The van der Waals surface area contributed by atoms with Crippen molar-refractivity contribution in [3.63, 3.8) is 0 Å². The summed E-state index contributed by atoms with van der Waals surface area (Å²) < 4.78 is 2.08. The van der Waals surface area contributed by atoms with E-state index < -0.39 is 0 Å². The predicted molar refractivity (Wildman–Crippen MR) is 127 cm³/mol. The smallest absolute Gasteiger partial charge is 0.233 e. The van der Waals surface area contributed by atoms with E-state index in [1.54, 1.807) is 0 Å². The molecule has 1 amide bonds. The lowest BCUT2D eigenvalue weighted by Crippen LogP contribution is -2.49. The van der Waals surface area contributed by atoms with E-state index in [2.05, 4.69) is 51.7 Å². The van der Waals surface area contributed by atoms with Gasteiger partial charge >= 0.3 is 0 Å². The summed E-state index contributed by atoms with van der Waals surface area (Å²) in [6.07, 6.45) is 0. The maximum absolute atomic E-state index is 12.8. The van der Waals surface area contributed by atoms with Crippen molar-refractivity contribution >= 4 is 35.0 Å². The molecule has 8 heteroatoms. The second-order valence-electron chi connectivity index (χ2n) is 7.50. The fourth-order valence-electron chi connectivity index (χ4n) is 3.81. The van der Waals surface area contributed by atoms with Crippen molar-refractivity contribution in [3.8, 4) is 11.4 Å². The summed E-state index contributed by atoms with van der Waals surface area (Å²) in [5.41, 5.74) is 3.34. The van der Waals surface area contributed by atoms with E-state index in [-0.39, 0.29) is 5.91 Å². The van der Waals surface area contributed by atoms with Crippen LogP contribution < -0.4 is 4.90 Å². The molecule has 0 saturated carbocycles. The first-order chi connectivity index (χ1) is 15.1. The molecule has 1 aliphatic rings. The normalized spacial score (nSPS) is 14.2. The molecule has 0 bridgehead atoms. The number of carbonyl (C=O) groups excluding carboxylic acids is 1. The average Bonchev–Trinajstić information content (AvgIpc) is 3.20. The molecule has 1 aliphatic heterocycles. The summed E-state index contributed by atoms with van der Waals surface area (Å²) in [6.45, 7) is 7.93. The molecule has 4 rings (SSSR count). The number of rotatable bonds is 6. The van der Waals surface area contributed by atoms with Gasteiger partial charge in [-0.15, -0.1) is 10.2 Å². The van der Waals surface area contributed by atoms with Gasteiger partial charge in [0.05, 0.1) is 5.75 Å². The standard InChI is InChI=1S/C23H26ClN5OS/c1-3-29-22(20-10-5-4-7-17(20)2)25-26-23(29)31-16-21(30)28-13-11-27(12-14-28)19-9-6-8-18(24)15-19/h4-10,15H,3,11-14,16H2,1-2H3. The van der Waals surface area contributed by atoms with Gasteiger partial charge in [-0.1, -0.05) is 53.7 Å². The van der Waals surface area contributed by atoms with Crippen molar-refractivity contribution in [2.75, 3.05) is 36.8 Å². The number of benzene rings is 2. The minimum atomic E-state index is 0.138. The molecule has 31 heavy (non-hydrogen) atoms. The molecule has 0 radical (unpaired) electrons. The first kappa shape index (κ1) is 21.7. The Morgan fingerprint density at radius 3 is 2.55 bits per heavy atom. The van der Waals surface area contributed by atoms with Gasteiger partial charge in [0.1, 0.15) is 0 Å². The second kappa shape index (κ2) is 9.75. The molecule has 0 atom stereocenters. The molecule has 162 valence electrons. The molecule has 2 aromatic carbocycles. The maximum Gasteiger partial charge on any atom is 0.233 e. The number of carbonyl (C=O) groups is 1. The Morgan fingerprint density at radius 2 is 1.84 bits per heavy atom. The lowest BCUT2D eigenvalue weighted by Gasteiger charge is -2.36. The van der Waals surface area contributed by atoms with Gasteiger partial charge in [0.2, 0.25) is 5.91 Å². The van der Waals surface area contributed by atoms with Gasteiger partial charge in [0.25, 0.3) is 0 Å². The van der Waals surface area contributed by atoms with Crippen LogP contribution in [0.5, 0.6) is 0 Å². The molecule has 1 fully saturated rings. The van der Waals surface area contributed by atoms with E-state index in [0.717, 1.165) is 52.5 Å². The van der Waals surface area contributed by atoms with Crippen molar-refractivity contribution in [2.45, 2.75) is 25.5 Å². The van der Waals surface area contributed by atoms with Gasteiger partial charge in [-0.2, -0.15) is 0 Å².